The summed E-state index contributed by atoms with van der Waals surface area (Å²) in [6.07, 6.45) is 5.21. The van der Waals surface area contributed by atoms with Crippen molar-refractivity contribution in [1.29, 1.82) is 0 Å². The Balaban J connectivity index is 2.43. The third-order valence-electron chi connectivity index (χ3n) is 1.53. The molecule has 4 heteroatoms. The van der Waals surface area contributed by atoms with Gasteiger partial charge < -0.3 is 4.98 Å². The monoisotopic (exact) mass is 179 g/mol. The number of H-pyrrole nitrogens is 1. The molecule has 0 amide bonds. The van der Waals surface area contributed by atoms with E-state index < -0.39 is 0 Å². The van der Waals surface area contributed by atoms with Crippen molar-refractivity contribution in [2.24, 2.45) is 0 Å². The maximum Gasteiger partial charge on any atom is 0.222 e. The van der Waals surface area contributed by atoms with E-state index in [9.17, 15) is 0 Å². The van der Waals surface area contributed by atoms with Crippen LogP contribution >= 0.6 is 11.6 Å². The Hall–Kier alpha value is -1.35. The van der Waals surface area contributed by atoms with Crippen LogP contribution in [0.2, 0.25) is 5.28 Å². The highest BCUT2D eigenvalue weighted by Crippen LogP contribution is 2.14. The van der Waals surface area contributed by atoms with Crippen molar-refractivity contribution >= 4 is 11.6 Å². The molecule has 0 fully saturated rings. The Labute approximate surface area is 74.4 Å². The Bertz CT molecular complexity index is 352. The van der Waals surface area contributed by atoms with Gasteiger partial charge in [0.05, 0.1) is 0 Å². The average molecular weight is 180 g/mol. The van der Waals surface area contributed by atoms with Gasteiger partial charge in [0.1, 0.15) is 0 Å². The number of aromatic amines is 1. The van der Waals surface area contributed by atoms with Crippen LogP contribution in [0.1, 0.15) is 0 Å². The van der Waals surface area contributed by atoms with Crippen LogP contribution in [0, 0.1) is 0 Å². The van der Waals surface area contributed by atoms with Gasteiger partial charge in [0.25, 0.3) is 0 Å². The topological polar surface area (TPSA) is 41.6 Å². The highest BCUT2D eigenvalue weighted by Gasteiger charge is 1.97. The summed E-state index contributed by atoms with van der Waals surface area (Å²) in [6.45, 7) is 0. The minimum Gasteiger partial charge on any atom is -0.361 e. The highest BCUT2D eigenvalue weighted by molar-refractivity contribution is 6.28. The molecule has 2 aromatic rings. The first-order chi connectivity index (χ1) is 5.86. The van der Waals surface area contributed by atoms with Gasteiger partial charge in [0, 0.05) is 29.8 Å². The van der Waals surface area contributed by atoms with E-state index in [-0.39, 0.29) is 5.28 Å². The lowest BCUT2D eigenvalue weighted by atomic mass is 10.2. The molecule has 0 saturated carbocycles. The van der Waals surface area contributed by atoms with Crippen molar-refractivity contribution in [1.82, 2.24) is 15.0 Å². The van der Waals surface area contributed by atoms with Crippen LogP contribution in [0.4, 0.5) is 0 Å². The predicted molar refractivity (Wildman–Crippen MR) is 46.8 cm³/mol. The normalized spacial score (nSPS) is 10.1. The third kappa shape index (κ3) is 1.31. The number of nitrogens with one attached hydrogen (secondary N) is 1. The van der Waals surface area contributed by atoms with Gasteiger partial charge in [-0.15, -0.1) is 0 Å². The van der Waals surface area contributed by atoms with Gasteiger partial charge in [-0.05, 0) is 23.7 Å². The van der Waals surface area contributed by atoms with E-state index in [4.69, 9.17) is 11.6 Å². The van der Waals surface area contributed by atoms with E-state index in [1.807, 2.05) is 18.3 Å². The molecule has 0 aliphatic carbocycles. The highest BCUT2D eigenvalue weighted by atomic mass is 35.5. The number of aromatic nitrogens is 3. The summed E-state index contributed by atoms with van der Waals surface area (Å²) < 4.78 is 0. The molecule has 0 unspecified atom stereocenters. The van der Waals surface area contributed by atoms with Gasteiger partial charge in [-0.2, -0.15) is 0 Å². The molecule has 2 heterocycles. The van der Waals surface area contributed by atoms with Crippen LogP contribution in [0.3, 0.4) is 0 Å². The van der Waals surface area contributed by atoms with Crippen molar-refractivity contribution in [2.75, 3.05) is 0 Å². The summed E-state index contributed by atoms with van der Waals surface area (Å²) in [4.78, 5) is 10.8. The molecule has 3 nitrogen and oxygen atoms in total. The van der Waals surface area contributed by atoms with Gasteiger partial charge in [-0.3, -0.25) is 0 Å². The van der Waals surface area contributed by atoms with Crippen molar-refractivity contribution < 1.29 is 0 Å². The van der Waals surface area contributed by atoms with Crippen LogP contribution < -0.4 is 0 Å². The molecule has 0 aliphatic rings. The number of nitrogens with zero attached hydrogens (tertiary/aromatic N) is 2. The molecular formula is C8H6ClN3. The second-order valence-corrected chi connectivity index (χ2v) is 2.66. The minimum absolute atomic E-state index is 0.269. The van der Waals surface area contributed by atoms with Crippen LogP contribution in [-0.4, -0.2) is 15.0 Å². The number of hydrogen-bond donors (Lipinski definition) is 1. The van der Waals surface area contributed by atoms with E-state index in [0.29, 0.717) is 0 Å². The third-order valence-corrected chi connectivity index (χ3v) is 1.72. The second kappa shape index (κ2) is 2.95. The van der Waals surface area contributed by atoms with Gasteiger partial charge in [-0.1, -0.05) is 0 Å². The van der Waals surface area contributed by atoms with E-state index in [1.54, 1.807) is 12.4 Å². The van der Waals surface area contributed by atoms with E-state index in [2.05, 4.69) is 15.0 Å². The summed E-state index contributed by atoms with van der Waals surface area (Å²) in [7, 11) is 0. The molecule has 0 atom stereocenters. The van der Waals surface area contributed by atoms with Crippen LogP contribution in [0.5, 0.6) is 0 Å². The Morgan fingerprint density at radius 2 is 2.00 bits per heavy atom. The molecule has 0 spiro atoms. The SMILES string of the molecule is Clc1ncc(-c2ccc[nH]2)cn1. The Morgan fingerprint density at radius 1 is 1.25 bits per heavy atom. The van der Waals surface area contributed by atoms with Crippen molar-refractivity contribution in [3.63, 3.8) is 0 Å². The van der Waals surface area contributed by atoms with E-state index >= 15 is 0 Å². The Morgan fingerprint density at radius 3 is 2.58 bits per heavy atom. The second-order valence-electron chi connectivity index (χ2n) is 2.32. The summed E-state index contributed by atoms with van der Waals surface area (Å²) in [5.41, 5.74) is 1.93. The zero-order valence-electron chi connectivity index (χ0n) is 6.16. The first-order valence-electron chi connectivity index (χ1n) is 3.47. The fourth-order valence-corrected chi connectivity index (χ4v) is 1.06. The number of hydrogen-bond acceptors (Lipinski definition) is 2. The molecule has 0 saturated heterocycles. The average Bonchev–Trinajstić information content (AvgIpc) is 2.58. The lowest BCUT2D eigenvalue weighted by Crippen LogP contribution is -1.83. The number of rotatable bonds is 1. The molecule has 0 aliphatic heterocycles. The summed E-state index contributed by atoms with van der Waals surface area (Å²) in [5.74, 6) is 0. The molecule has 1 N–H and O–H groups in total. The molecule has 12 heavy (non-hydrogen) atoms. The summed E-state index contributed by atoms with van der Waals surface area (Å²) in [5, 5.41) is 0.269. The molecule has 2 aromatic heterocycles. The maximum absolute atomic E-state index is 5.54. The zero-order valence-corrected chi connectivity index (χ0v) is 6.92. The molecule has 60 valence electrons. The molecular weight excluding hydrogens is 174 g/mol. The van der Waals surface area contributed by atoms with Gasteiger partial charge in [-0.25, -0.2) is 9.97 Å². The van der Waals surface area contributed by atoms with Gasteiger partial charge in [0.2, 0.25) is 5.28 Å². The van der Waals surface area contributed by atoms with E-state index in [1.165, 1.54) is 0 Å². The fourth-order valence-electron chi connectivity index (χ4n) is 0.961. The quantitative estimate of drug-likeness (QED) is 0.682. The summed E-state index contributed by atoms with van der Waals surface area (Å²) >= 11 is 5.54. The lowest BCUT2D eigenvalue weighted by Gasteiger charge is -1.94. The molecule has 2 rings (SSSR count). The van der Waals surface area contributed by atoms with Crippen LogP contribution in [0.25, 0.3) is 11.3 Å². The molecule has 0 radical (unpaired) electrons. The lowest BCUT2D eigenvalue weighted by molar-refractivity contribution is 1.16. The zero-order chi connectivity index (χ0) is 8.39. The van der Waals surface area contributed by atoms with Crippen molar-refractivity contribution in [3.8, 4) is 11.3 Å². The smallest absolute Gasteiger partial charge is 0.222 e. The van der Waals surface area contributed by atoms with Crippen molar-refractivity contribution in [2.45, 2.75) is 0 Å². The minimum atomic E-state index is 0.269. The van der Waals surface area contributed by atoms with Crippen molar-refractivity contribution in [3.05, 3.63) is 36.0 Å². The fraction of sp³-hybridized carbons (Fsp3) is 0. The standard InChI is InChI=1S/C8H6ClN3/c9-8-11-4-6(5-12-8)7-2-1-3-10-7/h1-5,10H. The first-order valence-corrected chi connectivity index (χ1v) is 3.85. The van der Waals surface area contributed by atoms with Gasteiger partial charge in [0.15, 0.2) is 0 Å². The number of halogens is 1. The van der Waals surface area contributed by atoms with Crippen LogP contribution in [0.15, 0.2) is 30.7 Å². The first kappa shape index (κ1) is 7.31. The van der Waals surface area contributed by atoms with Gasteiger partial charge >= 0.3 is 0 Å². The summed E-state index contributed by atoms with van der Waals surface area (Å²) in [6, 6.07) is 3.87. The predicted octanol–water partition coefficient (Wildman–Crippen LogP) is 2.13. The maximum atomic E-state index is 5.54. The Kier molecular flexibility index (Phi) is 1.80. The molecule has 0 aromatic carbocycles. The van der Waals surface area contributed by atoms with E-state index in [0.717, 1.165) is 11.3 Å². The van der Waals surface area contributed by atoms with Crippen LogP contribution in [-0.2, 0) is 0 Å². The largest absolute Gasteiger partial charge is 0.361 e. The molecule has 0 bridgehead atoms.